The smallest absolute Gasteiger partial charge is 0.183 e. The molecule has 0 bridgehead atoms. The molecule has 0 radical (unpaired) electrons. The van der Waals surface area contributed by atoms with Crippen molar-refractivity contribution in [3.05, 3.63) is 35.0 Å². The number of rotatable bonds is 8. The van der Waals surface area contributed by atoms with E-state index in [2.05, 4.69) is 25.1 Å². The second-order valence-electron chi connectivity index (χ2n) is 8.57. The molecule has 29 heavy (non-hydrogen) atoms. The first-order valence-electron chi connectivity index (χ1n) is 11.1. The predicted molar refractivity (Wildman–Crippen MR) is 117 cm³/mol. The highest BCUT2D eigenvalue weighted by molar-refractivity contribution is 6.17. The lowest BCUT2D eigenvalue weighted by atomic mass is 9.85. The molecule has 0 amide bonds. The van der Waals surface area contributed by atoms with Crippen LogP contribution in [0.5, 0.6) is 5.75 Å². The average Bonchev–Trinajstić information content (AvgIpc) is 3.11. The monoisotopic (exact) mass is 414 g/mol. The van der Waals surface area contributed by atoms with E-state index in [1.165, 1.54) is 37.7 Å². The molecule has 0 N–H and O–H groups in total. The van der Waals surface area contributed by atoms with Crippen LogP contribution in [0.4, 0.5) is 0 Å². The van der Waals surface area contributed by atoms with E-state index in [0.717, 1.165) is 48.4 Å². The summed E-state index contributed by atoms with van der Waals surface area (Å²) in [6.45, 7) is 3.31. The van der Waals surface area contributed by atoms with Gasteiger partial charge in [0, 0.05) is 30.0 Å². The highest BCUT2D eigenvalue weighted by Crippen LogP contribution is 2.40. The molecule has 1 aromatic carbocycles. The van der Waals surface area contributed by atoms with Crippen LogP contribution in [0.1, 0.15) is 79.4 Å². The van der Waals surface area contributed by atoms with Crippen LogP contribution in [0, 0.1) is 12.8 Å². The second kappa shape index (κ2) is 9.34. The molecule has 2 aromatic rings. The van der Waals surface area contributed by atoms with Gasteiger partial charge in [0.05, 0.1) is 5.69 Å². The molecule has 0 saturated heterocycles. The SMILES string of the molecule is Cc1ccc2c(c1)OCc1c(C(=O)CC3CCCCC3)nn(CCCCCCl)c1-2. The van der Waals surface area contributed by atoms with Crippen molar-refractivity contribution < 1.29 is 9.53 Å². The summed E-state index contributed by atoms with van der Waals surface area (Å²) in [5.41, 5.74) is 4.91. The highest BCUT2D eigenvalue weighted by atomic mass is 35.5. The van der Waals surface area contributed by atoms with Gasteiger partial charge in [-0.2, -0.15) is 5.10 Å². The Morgan fingerprint density at radius 1 is 1.21 bits per heavy atom. The van der Waals surface area contributed by atoms with Crippen molar-refractivity contribution in [3.63, 3.8) is 0 Å². The quantitative estimate of drug-likeness (QED) is 0.288. The Morgan fingerprint density at radius 2 is 2.03 bits per heavy atom. The molecule has 0 spiro atoms. The lowest BCUT2D eigenvalue weighted by Crippen LogP contribution is -2.15. The summed E-state index contributed by atoms with van der Waals surface area (Å²) < 4.78 is 8.09. The van der Waals surface area contributed by atoms with E-state index in [1.54, 1.807) is 0 Å². The topological polar surface area (TPSA) is 44.1 Å². The number of ether oxygens (including phenoxy) is 1. The van der Waals surface area contributed by atoms with Gasteiger partial charge in [-0.05, 0) is 43.4 Å². The van der Waals surface area contributed by atoms with E-state index in [9.17, 15) is 4.79 Å². The maximum atomic E-state index is 13.2. The first-order valence-corrected chi connectivity index (χ1v) is 11.6. The number of nitrogens with zero attached hydrogens (tertiary/aromatic N) is 2. The largest absolute Gasteiger partial charge is 0.488 e. The fourth-order valence-electron chi connectivity index (χ4n) is 4.70. The van der Waals surface area contributed by atoms with E-state index in [4.69, 9.17) is 21.4 Å². The molecule has 2 heterocycles. The van der Waals surface area contributed by atoms with Crippen LogP contribution < -0.4 is 4.74 Å². The van der Waals surface area contributed by atoms with Crippen LogP contribution in [0.3, 0.4) is 0 Å². The van der Waals surface area contributed by atoms with Crippen LogP contribution in [-0.4, -0.2) is 21.4 Å². The first kappa shape index (κ1) is 20.5. The van der Waals surface area contributed by atoms with Crippen LogP contribution in [0.2, 0.25) is 0 Å². The molecule has 1 aromatic heterocycles. The van der Waals surface area contributed by atoms with Crippen molar-refractivity contribution in [2.24, 2.45) is 5.92 Å². The average molecular weight is 415 g/mol. The number of aromatic nitrogens is 2. The lowest BCUT2D eigenvalue weighted by Gasteiger charge is -2.21. The third-order valence-electron chi connectivity index (χ3n) is 6.28. The summed E-state index contributed by atoms with van der Waals surface area (Å²) in [5.74, 6) is 2.29. The molecule has 4 nitrogen and oxygen atoms in total. The second-order valence-corrected chi connectivity index (χ2v) is 8.95. The molecular weight excluding hydrogens is 384 g/mol. The van der Waals surface area contributed by atoms with E-state index in [1.807, 2.05) is 4.68 Å². The zero-order valence-corrected chi connectivity index (χ0v) is 18.1. The van der Waals surface area contributed by atoms with Gasteiger partial charge in [-0.1, -0.05) is 44.6 Å². The molecule has 4 rings (SSSR count). The minimum absolute atomic E-state index is 0.187. The standard InChI is InChI=1S/C24H31ClN2O2/c1-17-10-11-19-22(14-17)29-16-20-23(21(28)15-18-8-4-2-5-9-18)26-27(24(19)20)13-7-3-6-12-25/h10-11,14,18H,2-9,12-13,15-16H2,1H3. The van der Waals surface area contributed by atoms with Crippen molar-refractivity contribution in [1.82, 2.24) is 9.78 Å². The summed E-state index contributed by atoms with van der Waals surface area (Å²) in [6, 6.07) is 6.28. The fourth-order valence-corrected chi connectivity index (χ4v) is 4.89. The van der Waals surface area contributed by atoms with Crippen LogP contribution >= 0.6 is 11.6 Å². The molecule has 1 aliphatic carbocycles. The molecule has 5 heteroatoms. The number of aryl methyl sites for hydroxylation is 2. The number of carbonyl (C=O) groups excluding carboxylic acids is 1. The van der Waals surface area contributed by atoms with Crippen LogP contribution in [-0.2, 0) is 13.2 Å². The van der Waals surface area contributed by atoms with E-state index >= 15 is 0 Å². The van der Waals surface area contributed by atoms with Gasteiger partial charge in [-0.3, -0.25) is 9.48 Å². The third kappa shape index (κ3) is 4.53. The van der Waals surface area contributed by atoms with Gasteiger partial charge in [0.2, 0.25) is 0 Å². The van der Waals surface area contributed by atoms with Crippen molar-refractivity contribution in [2.45, 2.75) is 77.9 Å². The maximum absolute atomic E-state index is 13.2. The molecular formula is C24H31ClN2O2. The number of hydrogen-bond donors (Lipinski definition) is 0. The van der Waals surface area contributed by atoms with Crippen molar-refractivity contribution in [2.75, 3.05) is 5.88 Å². The minimum atomic E-state index is 0.187. The molecule has 156 valence electrons. The minimum Gasteiger partial charge on any atom is -0.488 e. The summed E-state index contributed by atoms with van der Waals surface area (Å²) in [4.78, 5) is 13.2. The highest BCUT2D eigenvalue weighted by Gasteiger charge is 2.30. The Bertz CT molecular complexity index is 868. The van der Waals surface area contributed by atoms with E-state index in [0.29, 0.717) is 30.5 Å². The van der Waals surface area contributed by atoms with Crippen LogP contribution in [0.15, 0.2) is 18.2 Å². The molecule has 1 saturated carbocycles. The number of alkyl halides is 1. The van der Waals surface area contributed by atoms with Gasteiger partial charge in [0.25, 0.3) is 0 Å². The Hall–Kier alpha value is -1.81. The molecule has 1 aliphatic heterocycles. The number of unbranched alkanes of at least 4 members (excludes halogenated alkanes) is 2. The molecule has 0 atom stereocenters. The summed E-state index contributed by atoms with van der Waals surface area (Å²) >= 11 is 5.84. The Morgan fingerprint density at radius 3 is 2.83 bits per heavy atom. The number of carbonyl (C=O) groups is 1. The molecule has 2 aliphatic rings. The van der Waals surface area contributed by atoms with Crippen molar-refractivity contribution in [3.8, 4) is 17.0 Å². The van der Waals surface area contributed by atoms with Gasteiger partial charge >= 0.3 is 0 Å². The molecule has 1 fully saturated rings. The summed E-state index contributed by atoms with van der Waals surface area (Å²) in [7, 11) is 0. The normalized spacial score (nSPS) is 16.2. The number of ketones is 1. The Kier molecular flexibility index (Phi) is 6.59. The lowest BCUT2D eigenvalue weighted by molar-refractivity contribution is 0.0942. The van der Waals surface area contributed by atoms with E-state index < -0.39 is 0 Å². The summed E-state index contributed by atoms with van der Waals surface area (Å²) in [5, 5.41) is 4.83. The zero-order chi connectivity index (χ0) is 20.2. The fraction of sp³-hybridized carbons (Fsp3) is 0.583. The van der Waals surface area contributed by atoms with Gasteiger partial charge in [0.15, 0.2) is 5.78 Å². The first-order chi connectivity index (χ1) is 14.2. The van der Waals surface area contributed by atoms with Gasteiger partial charge in [0.1, 0.15) is 18.1 Å². The number of benzene rings is 1. The number of fused-ring (bicyclic) bond motifs is 3. The Balaban J connectivity index is 1.64. The van der Waals surface area contributed by atoms with Crippen molar-refractivity contribution in [1.29, 1.82) is 0 Å². The maximum Gasteiger partial charge on any atom is 0.183 e. The number of hydrogen-bond acceptors (Lipinski definition) is 3. The number of halogens is 1. The molecule has 0 unspecified atom stereocenters. The number of Topliss-reactive ketones (excluding diaryl/α,β-unsaturated/α-hetero) is 1. The predicted octanol–water partition coefficient (Wildman–Crippen LogP) is 6.31. The zero-order valence-electron chi connectivity index (χ0n) is 17.4. The van der Waals surface area contributed by atoms with Gasteiger partial charge in [-0.15, -0.1) is 11.6 Å². The van der Waals surface area contributed by atoms with Gasteiger partial charge in [-0.25, -0.2) is 0 Å². The third-order valence-corrected chi connectivity index (χ3v) is 6.55. The van der Waals surface area contributed by atoms with Crippen molar-refractivity contribution >= 4 is 17.4 Å². The van der Waals surface area contributed by atoms with Gasteiger partial charge < -0.3 is 4.74 Å². The Labute approximate surface area is 178 Å². The van der Waals surface area contributed by atoms with Crippen LogP contribution in [0.25, 0.3) is 11.3 Å². The van der Waals surface area contributed by atoms with E-state index in [-0.39, 0.29) is 5.78 Å². The summed E-state index contributed by atoms with van der Waals surface area (Å²) in [6.07, 6.45) is 9.87.